The van der Waals surface area contributed by atoms with Crippen LogP contribution in [0.15, 0.2) is 28.7 Å². The molecule has 6 heteroatoms. The van der Waals surface area contributed by atoms with E-state index in [2.05, 4.69) is 15.9 Å². The summed E-state index contributed by atoms with van der Waals surface area (Å²) < 4.78 is 39.1. The summed E-state index contributed by atoms with van der Waals surface area (Å²) in [6.07, 6.45) is -3.59. The molecule has 1 aromatic carbocycles. The molecular formula is C14H20BrF3N2. The molecule has 0 aliphatic carbocycles. The fourth-order valence-electron chi connectivity index (χ4n) is 2.36. The predicted molar refractivity (Wildman–Crippen MR) is 78.5 cm³/mol. The van der Waals surface area contributed by atoms with E-state index in [4.69, 9.17) is 5.73 Å². The van der Waals surface area contributed by atoms with Gasteiger partial charge in [0.1, 0.15) is 0 Å². The summed E-state index contributed by atoms with van der Waals surface area (Å²) in [6, 6.07) is 6.42. The normalized spacial score (nSPS) is 15.4. The number of alkyl halides is 3. The maximum atomic E-state index is 12.8. The second-order valence-electron chi connectivity index (χ2n) is 4.91. The first-order chi connectivity index (χ1) is 9.26. The van der Waals surface area contributed by atoms with E-state index in [1.165, 1.54) is 4.90 Å². The Kier molecular flexibility index (Phi) is 6.48. The molecule has 0 aliphatic rings. The minimum atomic E-state index is -4.23. The van der Waals surface area contributed by atoms with Crippen LogP contribution < -0.4 is 5.73 Å². The Morgan fingerprint density at radius 2 is 1.90 bits per heavy atom. The van der Waals surface area contributed by atoms with Gasteiger partial charge >= 0.3 is 6.18 Å². The topological polar surface area (TPSA) is 29.3 Å². The van der Waals surface area contributed by atoms with Gasteiger partial charge in [0.25, 0.3) is 0 Å². The molecular weight excluding hydrogens is 333 g/mol. The molecule has 2 nitrogen and oxygen atoms in total. The fourth-order valence-corrected chi connectivity index (χ4v) is 2.88. The van der Waals surface area contributed by atoms with E-state index in [9.17, 15) is 13.2 Å². The van der Waals surface area contributed by atoms with Gasteiger partial charge in [-0.3, -0.25) is 4.90 Å². The van der Waals surface area contributed by atoms with Crippen LogP contribution in [0, 0.1) is 0 Å². The summed E-state index contributed by atoms with van der Waals surface area (Å²) in [5, 5.41) is 0. The van der Waals surface area contributed by atoms with Crippen LogP contribution in [0.1, 0.15) is 31.9 Å². The van der Waals surface area contributed by atoms with Crippen molar-refractivity contribution in [3.63, 3.8) is 0 Å². The maximum Gasteiger partial charge on any atom is 0.401 e. The third-order valence-corrected chi connectivity index (χ3v) is 3.73. The highest BCUT2D eigenvalue weighted by molar-refractivity contribution is 9.10. The minimum absolute atomic E-state index is 0.354. The molecule has 0 bridgehead atoms. The largest absolute Gasteiger partial charge is 0.401 e. The third-order valence-electron chi connectivity index (χ3n) is 3.01. The average molecular weight is 353 g/mol. The zero-order valence-electron chi connectivity index (χ0n) is 11.6. The van der Waals surface area contributed by atoms with Crippen molar-refractivity contribution >= 4 is 15.9 Å². The number of rotatable bonds is 6. The molecule has 0 heterocycles. The van der Waals surface area contributed by atoms with Gasteiger partial charge in [-0.2, -0.15) is 13.2 Å². The molecule has 2 N–H and O–H groups in total. The van der Waals surface area contributed by atoms with Gasteiger partial charge in [-0.15, -0.1) is 0 Å². The van der Waals surface area contributed by atoms with Crippen molar-refractivity contribution in [3.8, 4) is 0 Å². The molecule has 1 aromatic rings. The van der Waals surface area contributed by atoms with Crippen LogP contribution in [0.5, 0.6) is 0 Å². The summed E-state index contributed by atoms with van der Waals surface area (Å²) in [6.45, 7) is 3.01. The van der Waals surface area contributed by atoms with Gasteiger partial charge in [0.2, 0.25) is 0 Å². The Morgan fingerprint density at radius 3 is 2.35 bits per heavy atom. The lowest BCUT2D eigenvalue weighted by Gasteiger charge is -2.35. The van der Waals surface area contributed by atoms with E-state index < -0.39 is 24.8 Å². The van der Waals surface area contributed by atoms with Gasteiger partial charge in [-0.05, 0) is 31.5 Å². The van der Waals surface area contributed by atoms with Gasteiger partial charge < -0.3 is 5.73 Å². The average Bonchev–Trinajstić information content (AvgIpc) is 2.29. The van der Waals surface area contributed by atoms with E-state index in [1.54, 1.807) is 6.92 Å². The molecule has 114 valence electrons. The third kappa shape index (κ3) is 5.07. The zero-order chi connectivity index (χ0) is 15.3. The quantitative estimate of drug-likeness (QED) is 0.834. The first kappa shape index (κ1) is 17.5. The Morgan fingerprint density at radius 1 is 1.30 bits per heavy atom. The van der Waals surface area contributed by atoms with E-state index in [0.29, 0.717) is 13.0 Å². The van der Waals surface area contributed by atoms with Crippen LogP contribution in [0.3, 0.4) is 0 Å². The standard InChI is InChI=1S/C14H20BrF3N2/c1-3-8-20(9-14(16,17)18)13(10(2)19)11-6-4-5-7-12(11)15/h4-7,10,13H,3,8-9,19H2,1-2H3. The predicted octanol–water partition coefficient (Wildman–Crippen LogP) is 4.11. The van der Waals surface area contributed by atoms with Crippen LogP contribution in [0.2, 0.25) is 0 Å². The molecule has 0 amide bonds. The van der Waals surface area contributed by atoms with Crippen LogP contribution in [0.4, 0.5) is 13.2 Å². The Hall–Kier alpha value is -0.590. The SMILES string of the molecule is CCCN(CC(F)(F)F)C(c1ccccc1Br)C(C)N. The van der Waals surface area contributed by atoms with Crippen molar-refractivity contribution in [3.05, 3.63) is 34.3 Å². The summed E-state index contributed by atoms with van der Waals surface area (Å²) >= 11 is 3.40. The molecule has 0 saturated carbocycles. The van der Waals surface area contributed by atoms with Crippen molar-refractivity contribution < 1.29 is 13.2 Å². The molecule has 2 unspecified atom stereocenters. The summed E-state index contributed by atoms with van der Waals surface area (Å²) in [5.74, 6) is 0. The van der Waals surface area contributed by atoms with Gasteiger partial charge in [-0.1, -0.05) is 41.1 Å². The Labute approximate surface area is 126 Å². The number of nitrogens with zero attached hydrogens (tertiary/aromatic N) is 1. The molecule has 20 heavy (non-hydrogen) atoms. The highest BCUT2D eigenvalue weighted by atomic mass is 79.9. The van der Waals surface area contributed by atoms with Gasteiger partial charge in [0, 0.05) is 10.5 Å². The number of halogens is 4. The van der Waals surface area contributed by atoms with E-state index in [-0.39, 0.29) is 0 Å². The van der Waals surface area contributed by atoms with Crippen LogP contribution in [-0.2, 0) is 0 Å². The van der Waals surface area contributed by atoms with Crippen molar-refractivity contribution in [2.75, 3.05) is 13.1 Å². The van der Waals surface area contributed by atoms with Crippen molar-refractivity contribution in [2.45, 2.75) is 38.5 Å². The lowest BCUT2D eigenvalue weighted by atomic mass is 9.99. The summed E-state index contributed by atoms with van der Waals surface area (Å²) in [4.78, 5) is 1.41. The smallest absolute Gasteiger partial charge is 0.326 e. The molecule has 0 aliphatic heterocycles. The molecule has 1 rings (SSSR count). The van der Waals surface area contributed by atoms with Crippen molar-refractivity contribution in [1.82, 2.24) is 4.90 Å². The molecule has 0 aromatic heterocycles. The monoisotopic (exact) mass is 352 g/mol. The summed E-state index contributed by atoms with van der Waals surface area (Å²) in [7, 11) is 0. The van der Waals surface area contributed by atoms with E-state index in [1.807, 2.05) is 31.2 Å². The number of benzene rings is 1. The highest BCUT2D eigenvalue weighted by Crippen LogP contribution is 2.32. The number of nitrogens with two attached hydrogens (primary N) is 1. The van der Waals surface area contributed by atoms with Crippen molar-refractivity contribution in [2.24, 2.45) is 5.73 Å². The van der Waals surface area contributed by atoms with Crippen LogP contribution in [-0.4, -0.2) is 30.2 Å². The second-order valence-corrected chi connectivity index (χ2v) is 5.77. The minimum Gasteiger partial charge on any atom is -0.326 e. The lowest BCUT2D eigenvalue weighted by Crippen LogP contribution is -2.44. The van der Waals surface area contributed by atoms with E-state index >= 15 is 0 Å². The lowest BCUT2D eigenvalue weighted by molar-refractivity contribution is -0.152. The van der Waals surface area contributed by atoms with Crippen LogP contribution >= 0.6 is 15.9 Å². The first-order valence-electron chi connectivity index (χ1n) is 6.57. The summed E-state index contributed by atoms with van der Waals surface area (Å²) in [5.41, 5.74) is 6.75. The van der Waals surface area contributed by atoms with Gasteiger partial charge in [-0.25, -0.2) is 0 Å². The Balaban J connectivity index is 3.12. The number of hydrogen-bond donors (Lipinski definition) is 1. The Bertz CT molecular complexity index is 421. The molecule has 0 saturated heterocycles. The van der Waals surface area contributed by atoms with Gasteiger partial charge in [0.05, 0.1) is 12.6 Å². The number of hydrogen-bond acceptors (Lipinski definition) is 2. The molecule has 2 atom stereocenters. The molecule has 0 radical (unpaired) electrons. The second kappa shape index (κ2) is 7.43. The first-order valence-corrected chi connectivity index (χ1v) is 7.36. The molecule has 0 spiro atoms. The maximum absolute atomic E-state index is 12.8. The van der Waals surface area contributed by atoms with Crippen LogP contribution in [0.25, 0.3) is 0 Å². The highest BCUT2D eigenvalue weighted by Gasteiger charge is 2.35. The van der Waals surface area contributed by atoms with Crippen molar-refractivity contribution in [1.29, 1.82) is 0 Å². The van der Waals surface area contributed by atoms with E-state index in [0.717, 1.165) is 10.0 Å². The fraction of sp³-hybridized carbons (Fsp3) is 0.571. The molecule has 0 fully saturated rings. The zero-order valence-corrected chi connectivity index (χ0v) is 13.2. The van der Waals surface area contributed by atoms with Gasteiger partial charge in [0.15, 0.2) is 0 Å².